The highest BCUT2D eigenvalue weighted by molar-refractivity contribution is 9.10. The molecule has 0 saturated carbocycles. The lowest BCUT2D eigenvalue weighted by atomic mass is 10.0. The van der Waals surface area contributed by atoms with Gasteiger partial charge in [0.15, 0.2) is 5.11 Å². The molecule has 0 unspecified atom stereocenters. The molecule has 156 valence electrons. The van der Waals surface area contributed by atoms with E-state index in [0.29, 0.717) is 0 Å². The monoisotopic (exact) mass is 483 g/mol. The average molecular weight is 484 g/mol. The molecule has 1 fully saturated rings. The minimum atomic E-state index is 0.00199. The van der Waals surface area contributed by atoms with E-state index >= 15 is 0 Å². The summed E-state index contributed by atoms with van der Waals surface area (Å²) in [5, 5.41) is 4.33. The van der Waals surface area contributed by atoms with Gasteiger partial charge in [0, 0.05) is 34.8 Å². The number of pyridine rings is 1. The summed E-state index contributed by atoms with van der Waals surface area (Å²) in [7, 11) is 4.21. The van der Waals surface area contributed by atoms with Crippen LogP contribution in [-0.2, 0) is 0 Å². The minimum absolute atomic E-state index is 0.00199. The van der Waals surface area contributed by atoms with Crippen molar-refractivity contribution in [2.75, 3.05) is 27.2 Å². The van der Waals surface area contributed by atoms with Crippen molar-refractivity contribution in [1.29, 1.82) is 0 Å². The molecule has 2 atom stereocenters. The fourth-order valence-corrected chi connectivity index (χ4v) is 4.59. The van der Waals surface area contributed by atoms with E-state index in [2.05, 4.69) is 103 Å². The number of rotatable bonds is 7. The first-order valence-corrected chi connectivity index (χ1v) is 11.3. The second kappa shape index (κ2) is 9.29. The first-order chi connectivity index (χ1) is 14.5. The van der Waals surface area contributed by atoms with Crippen LogP contribution in [0.3, 0.4) is 0 Å². The van der Waals surface area contributed by atoms with Crippen molar-refractivity contribution in [3.63, 3.8) is 0 Å². The lowest BCUT2D eigenvalue weighted by Gasteiger charge is -2.29. The van der Waals surface area contributed by atoms with E-state index < -0.39 is 0 Å². The highest BCUT2D eigenvalue weighted by atomic mass is 79.9. The molecule has 3 aromatic rings. The maximum atomic E-state index is 5.78. The van der Waals surface area contributed by atoms with Gasteiger partial charge in [0.1, 0.15) is 0 Å². The van der Waals surface area contributed by atoms with Crippen molar-refractivity contribution in [2.24, 2.45) is 0 Å². The van der Waals surface area contributed by atoms with Gasteiger partial charge in [0.25, 0.3) is 0 Å². The van der Waals surface area contributed by atoms with Crippen molar-refractivity contribution in [2.45, 2.75) is 18.5 Å². The van der Waals surface area contributed by atoms with Crippen molar-refractivity contribution in [3.8, 4) is 5.69 Å². The van der Waals surface area contributed by atoms with Crippen LogP contribution in [0.15, 0.2) is 71.5 Å². The predicted octanol–water partition coefficient (Wildman–Crippen LogP) is 4.56. The standard InChI is InChI=1S/C23H26BrN5S/c1-27(2)14-6-16-29-22(21(26-23(29)30)19-7-3-4-13-25-19)20-8-5-15-28(20)18-11-9-17(24)10-12-18/h3-5,7-13,15,21-22H,6,14,16H2,1-2H3,(H,26,30)/t21-,22+/m1/s1. The number of benzene rings is 1. The summed E-state index contributed by atoms with van der Waals surface area (Å²) in [4.78, 5) is 9.17. The quantitative estimate of drug-likeness (QED) is 0.498. The molecule has 5 nitrogen and oxygen atoms in total. The summed E-state index contributed by atoms with van der Waals surface area (Å²) in [6.07, 6.45) is 5.01. The Labute approximate surface area is 191 Å². The molecule has 2 aromatic heterocycles. The number of hydrogen-bond donors (Lipinski definition) is 1. The summed E-state index contributed by atoms with van der Waals surface area (Å²) in [6, 6.07) is 18.8. The largest absolute Gasteiger partial charge is 0.352 e. The van der Waals surface area contributed by atoms with Crippen molar-refractivity contribution in [1.82, 2.24) is 24.7 Å². The Bertz CT molecular complexity index is 986. The van der Waals surface area contributed by atoms with E-state index in [1.165, 1.54) is 5.69 Å². The molecule has 30 heavy (non-hydrogen) atoms. The molecular formula is C23H26BrN5S. The molecule has 0 amide bonds. The van der Waals surface area contributed by atoms with Gasteiger partial charge in [-0.1, -0.05) is 22.0 Å². The highest BCUT2D eigenvalue weighted by Gasteiger charge is 2.40. The number of hydrogen-bond acceptors (Lipinski definition) is 3. The molecule has 0 bridgehead atoms. The molecule has 4 rings (SSSR count). The summed E-state index contributed by atoms with van der Waals surface area (Å²) >= 11 is 9.32. The Balaban J connectivity index is 1.73. The van der Waals surface area contributed by atoms with Crippen LogP contribution in [0.4, 0.5) is 0 Å². The van der Waals surface area contributed by atoms with Crippen LogP contribution in [0.25, 0.3) is 5.69 Å². The number of nitrogens with one attached hydrogen (secondary N) is 1. The molecule has 0 aliphatic carbocycles. The fourth-order valence-electron chi connectivity index (χ4n) is 4.00. The number of aromatic nitrogens is 2. The van der Waals surface area contributed by atoms with Gasteiger partial charge in [0.05, 0.1) is 17.8 Å². The smallest absolute Gasteiger partial charge is 0.170 e. The number of nitrogens with zero attached hydrogens (tertiary/aromatic N) is 4. The summed E-state index contributed by atoms with van der Waals surface area (Å²) in [6.45, 7) is 1.91. The molecule has 1 aliphatic rings. The Morgan fingerprint density at radius 2 is 1.90 bits per heavy atom. The normalized spacial score (nSPS) is 18.8. The van der Waals surface area contributed by atoms with Crippen LogP contribution in [0.5, 0.6) is 0 Å². The SMILES string of the molecule is CN(C)CCCN1C(=S)N[C@H](c2ccccn2)[C@@H]1c1cccn1-c1ccc(Br)cc1. The first-order valence-electron chi connectivity index (χ1n) is 10.1. The predicted molar refractivity (Wildman–Crippen MR) is 129 cm³/mol. The molecule has 3 heterocycles. The highest BCUT2D eigenvalue weighted by Crippen LogP contribution is 2.39. The third-order valence-electron chi connectivity index (χ3n) is 5.39. The van der Waals surface area contributed by atoms with Gasteiger partial charge in [-0.25, -0.2) is 0 Å². The van der Waals surface area contributed by atoms with E-state index in [9.17, 15) is 0 Å². The summed E-state index contributed by atoms with van der Waals surface area (Å²) in [5.74, 6) is 0. The van der Waals surface area contributed by atoms with Crippen LogP contribution in [-0.4, -0.2) is 51.6 Å². The third-order valence-corrected chi connectivity index (χ3v) is 6.27. The Hall–Kier alpha value is -2.22. The maximum Gasteiger partial charge on any atom is 0.170 e. The van der Waals surface area contributed by atoms with Gasteiger partial charge in [-0.3, -0.25) is 4.98 Å². The fraction of sp³-hybridized carbons (Fsp3) is 0.304. The Morgan fingerprint density at radius 1 is 1.10 bits per heavy atom. The molecule has 0 radical (unpaired) electrons. The van der Waals surface area contributed by atoms with Crippen molar-refractivity contribution in [3.05, 3.63) is 82.9 Å². The van der Waals surface area contributed by atoms with E-state index in [4.69, 9.17) is 12.2 Å². The van der Waals surface area contributed by atoms with Gasteiger partial charge in [-0.2, -0.15) is 0 Å². The van der Waals surface area contributed by atoms with E-state index in [1.807, 2.05) is 18.3 Å². The molecule has 0 spiro atoms. The van der Waals surface area contributed by atoms with Gasteiger partial charge < -0.3 is 19.7 Å². The van der Waals surface area contributed by atoms with Crippen LogP contribution in [0.1, 0.15) is 29.9 Å². The second-order valence-electron chi connectivity index (χ2n) is 7.76. The number of halogens is 1. The van der Waals surface area contributed by atoms with E-state index in [1.54, 1.807) is 0 Å². The van der Waals surface area contributed by atoms with Crippen molar-refractivity contribution < 1.29 is 0 Å². The average Bonchev–Trinajstić information content (AvgIpc) is 3.34. The lowest BCUT2D eigenvalue weighted by Crippen LogP contribution is -2.32. The molecule has 1 N–H and O–H groups in total. The van der Waals surface area contributed by atoms with Gasteiger partial charge in [-0.15, -0.1) is 0 Å². The van der Waals surface area contributed by atoms with Crippen molar-refractivity contribution >= 4 is 33.3 Å². The second-order valence-corrected chi connectivity index (χ2v) is 9.06. The van der Waals surface area contributed by atoms with Crippen LogP contribution in [0, 0.1) is 0 Å². The molecule has 1 saturated heterocycles. The Morgan fingerprint density at radius 3 is 2.60 bits per heavy atom. The maximum absolute atomic E-state index is 5.78. The van der Waals surface area contributed by atoms with E-state index in [0.717, 1.165) is 40.5 Å². The van der Waals surface area contributed by atoms with Crippen LogP contribution < -0.4 is 5.32 Å². The zero-order chi connectivity index (χ0) is 21.1. The van der Waals surface area contributed by atoms with Gasteiger partial charge in [-0.05, 0) is 87.8 Å². The molecule has 1 aliphatic heterocycles. The summed E-state index contributed by atoms with van der Waals surface area (Å²) in [5.41, 5.74) is 3.33. The van der Waals surface area contributed by atoms with Gasteiger partial charge in [0.2, 0.25) is 0 Å². The molecule has 7 heteroatoms. The molecule has 1 aromatic carbocycles. The number of thiocarbonyl (C=S) groups is 1. The first kappa shape index (κ1) is 21.0. The van der Waals surface area contributed by atoms with Crippen LogP contribution in [0.2, 0.25) is 0 Å². The molecular weight excluding hydrogens is 458 g/mol. The van der Waals surface area contributed by atoms with Gasteiger partial charge >= 0.3 is 0 Å². The third kappa shape index (κ3) is 4.43. The lowest BCUT2D eigenvalue weighted by molar-refractivity contribution is 0.286. The Kier molecular flexibility index (Phi) is 6.51. The minimum Gasteiger partial charge on any atom is -0.352 e. The van der Waals surface area contributed by atoms with E-state index in [-0.39, 0.29) is 12.1 Å². The topological polar surface area (TPSA) is 36.3 Å². The summed E-state index contributed by atoms with van der Waals surface area (Å²) < 4.78 is 3.32. The zero-order valence-corrected chi connectivity index (χ0v) is 19.6. The zero-order valence-electron chi connectivity index (χ0n) is 17.2. The van der Waals surface area contributed by atoms with Crippen LogP contribution >= 0.6 is 28.1 Å².